The van der Waals surface area contributed by atoms with Crippen molar-refractivity contribution in [3.8, 4) is 0 Å². The molecule has 4 nitrogen and oxygen atoms in total. The van der Waals surface area contributed by atoms with Crippen LogP contribution in [0.2, 0.25) is 10.0 Å². The van der Waals surface area contributed by atoms with Crippen molar-refractivity contribution in [2.75, 3.05) is 11.1 Å². The Balaban J connectivity index is 2.78. The fourth-order valence-electron chi connectivity index (χ4n) is 1.38. The van der Waals surface area contributed by atoms with E-state index in [0.717, 1.165) is 6.92 Å². The average molecular weight is 345 g/mol. The first kappa shape index (κ1) is 17.9. The number of hydrogen-bond acceptors (Lipinski definition) is 3. The van der Waals surface area contributed by atoms with E-state index in [1.165, 1.54) is 19.1 Å². The minimum Gasteiger partial charge on any atom is -0.399 e. The zero-order valence-corrected chi connectivity index (χ0v) is 12.6. The number of nitrogens with two attached hydrogens (primary N) is 1. The van der Waals surface area contributed by atoms with Crippen LogP contribution in [0.1, 0.15) is 13.8 Å². The van der Waals surface area contributed by atoms with Gasteiger partial charge in [0.1, 0.15) is 6.10 Å². The zero-order chi connectivity index (χ0) is 16.4. The van der Waals surface area contributed by atoms with Crippen molar-refractivity contribution >= 4 is 40.5 Å². The number of ether oxygens (including phenoxy) is 1. The molecule has 1 amide bonds. The Morgan fingerprint density at radius 3 is 2.19 bits per heavy atom. The first-order valence-corrected chi connectivity index (χ1v) is 6.55. The Bertz CT molecular complexity index is 515. The lowest BCUT2D eigenvalue weighted by Gasteiger charge is -2.21. The number of rotatable bonds is 4. The average Bonchev–Trinajstić information content (AvgIpc) is 2.31. The van der Waals surface area contributed by atoms with E-state index in [0.29, 0.717) is 0 Å². The van der Waals surface area contributed by atoms with Gasteiger partial charge in [-0.1, -0.05) is 23.2 Å². The summed E-state index contributed by atoms with van der Waals surface area (Å²) in [5.74, 6) is -0.806. The fraction of sp³-hybridized carbons (Fsp3) is 0.417. The summed E-state index contributed by atoms with van der Waals surface area (Å²) in [7, 11) is 0. The minimum atomic E-state index is -4.55. The van der Waals surface area contributed by atoms with Gasteiger partial charge in [0.05, 0.1) is 15.7 Å². The predicted octanol–water partition coefficient (Wildman–Crippen LogP) is 3.87. The monoisotopic (exact) mass is 344 g/mol. The second-order valence-corrected chi connectivity index (χ2v) is 5.13. The van der Waals surface area contributed by atoms with E-state index in [-0.39, 0.29) is 21.4 Å². The number of nitrogen functional groups attached to an aromatic ring is 1. The Labute approximate surface area is 129 Å². The molecule has 2 unspecified atom stereocenters. The van der Waals surface area contributed by atoms with E-state index in [1.54, 1.807) is 0 Å². The molecule has 0 spiro atoms. The summed E-state index contributed by atoms with van der Waals surface area (Å²) in [6.07, 6.45) is -7.97. The maximum Gasteiger partial charge on any atom is 0.414 e. The van der Waals surface area contributed by atoms with Crippen LogP contribution >= 0.6 is 23.2 Å². The van der Waals surface area contributed by atoms with Crippen molar-refractivity contribution < 1.29 is 22.7 Å². The Morgan fingerprint density at radius 2 is 1.76 bits per heavy atom. The summed E-state index contributed by atoms with van der Waals surface area (Å²) in [5, 5.41) is 2.46. The van der Waals surface area contributed by atoms with Crippen LogP contribution in [-0.2, 0) is 9.53 Å². The van der Waals surface area contributed by atoms with Gasteiger partial charge in [-0.2, -0.15) is 13.2 Å². The molecule has 1 rings (SSSR count). The van der Waals surface area contributed by atoms with Gasteiger partial charge in [-0.25, -0.2) is 0 Å². The zero-order valence-electron chi connectivity index (χ0n) is 11.1. The molecule has 2 atom stereocenters. The highest BCUT2D eigenvalue weighted by Crippen LogP contribution is 2.33. The number of benzene rings is 1. The highest BCUT2D eigenvalue weighted by Gasteiger charge is 2.38. The van der Waals surface area contributed by atoms with Crippen LogP contribution in [0.5, 0.6) is 0 Å². The van der Waals surface area contributed by atoms with Crippen molar-refractivity contribution in [1.29, 1.82) is 0 Å². The molecule has 3 N–H and O–H groups in total. The molecule has 0 radical (unpaired) electrons. The van der Waals surface area contributed by atoms with Gasteiger partial charge in [-0.15, -0.1) is 0 Å². The molecule has 118 valence electrons. The molecule has 0 aliphatic carbocycles. The smallest absolute Gasteiger partial charge is 0.399 e. The summed E-state index contributed by atoms with van der Waals surface area (Å²) < 4.78 is 41.7. The van der Waals surface area contributed by atoms with Crippen molar-refractivity contribution in [1.82, 2.24) is 0 Å². The van der Waals surface area contributed by atoms with Gasteiger partial charge in [0.25, 0.3) is 5.91 Å². The molecule has 0 heterocycles. The van der Waals surface area contributed by atoms with E-state index < -0.39 is 24.3 Å². The standard InChI is InChI=1S/C12H13Cl2F3N2O2/c1-5(21-6(2)12(15,16)17)11(20)19-10-8(13)3-7(18)4-9(10)14/h3-6H,18H2,1-2H3,(H,19,20). The predicted molar refractivity (Wildman–Crippen MR) is 75.6 cm³/mol. The highest BCUT2D eigenvalue weighted by atomic mass is 35.5. The number of hydrogen-bond donors (Lipinski definition) is 2. The molecule has 0 bridgehead atoms. The number of anilines is 2. The van der Waals surface area contributed by atoms with Crippen LogP contribution in [0.4, 0.5) is 24.5 Å². The van der Waals surface area contributed by atoms with Crippen LogP contribution in [0.25, 0.3) is 0 Å². The van der Waals surface area contributed by atoms with E-state index in [1.807, 2.05) is 0 Å². The van der Waals surface area contributed by atoms with Gasteiger partial charge in [0, 0.05) is 5.69 Å². The third kappa shape index (κ3) is 4.94. The molecule has 21 heavy (non-hydrogen) atoms. The molecular formula is C12H13Cl2F3N2O2. The number of alkyl halides is 3. The molecule has 0 aliphatic heterocycles. The quantitative estimate of drug-likeness (QED) is 0.815. The van der Waals surface area contributed by atoms with E-state index in [9.17, 15) is 18.0 Å². The molecule has 1 aromatic carbocycles. The second-order valence-electron chi connectivity index (χ2n) is 4.31. The lowest BCUT2D eigenvalue weighted by molar-refractivity contribution is -0.223. The third-order valence-corrected chi connectivity index (χ3v) is 3.15. The lowest BCUT2D eigenvalue weighted by atomic mass is 10.2. The number of carbonyl (C=O) groups excluding carboxylic acids is 1. The molecule has 0 aromatic heterocycles. The largest absolute Gasteiger partial charge is 0.414 e. The maximum atomic E-state index is 12.4. The Hall–Kier alpha value is -1.18. The number of halogens is 5. The van der Waals surface area contributed by atoms with Crippen molar-refractivity contribution in [2.45, 2.75) is 32.2 Å². The van der Waals surface area contributed by atoms with Crippen LogP contribution in [0, 0.1) is 0 Å². The highest BCUT2D eigenvalue weighted by molar-refractivity contribution is 6.40. The molecule has 1 aromatic rings. The van der Waals surface area contributed by atoms with Gasteiger partial charge < -0.3 is 15.8 Å². The summed E-state index contributed by atoms with van der Waals surface area (Å²) >= 11 is 11.7. The summed E-state index contributed by atoms with van der Waals surface area (Å²) in [6.45, 7) is 2.00. The third-order valence-electron chi connectivity index (χ3n) is 2.55. The SMILES string of the molecule is CC(OC(C)C(F)(F)F)C(=O)Nc1c(Cl)cc(N)cc1Cl. The van der Waals surface area contributed by atoms with Crippen molar-refractivity contribution in [2.24, 2.45) is 0 Å². The molecular weight excluding hydrogens is 332 g/mol. The van der Waals surface area contributed by atoms with Crippen molar-refractivity contribution in [3.05, 3.63) is 22.2 Å². The molecule has 0 saturated carbocycles. The molecule has 0 fully saturated rings. The summed E-state index contributed by atoms with van der Waals surface area (Å²) in [5.41, 5.74) is 5.85. The molecule has 9 heteroatoms. The second kappa shape index (κ2) is 6.72. The van der Waals surface area contributed by atoms with E-state index in [2.05, 4.69) is 10.1 Å². The lowest BCUT2D eigenvalue weighted by Crippen LogP contribution is -2.37. The minimum absolute atomic E-state index is 0.0626. The van der Waals surface area contributed by atoms with Crippen LogP contribution in [-0.4, -0.2) is 24.3 Å². The van der Waals surface area contributed by atoms with Gasteiger partial charge in [-0.3, -0.25) is 4.79 Å². The topological polar surface area (TPSA) is 64.3 Å². The normalized spacial score (nSPS) is 14.6. The van der Waals surface area contributed by atoms with E-state index >= 15 is 0 Å². The maximum absolute atomic E-state index is 12.4. The van der Waals surface area contributed by atoms with Gasteiger partial charge in [0.15, 0.2) is 6.10 Å². The van der Waals surface area contributed by atoms with Crippen LogP contribution < -0.4 is 11.1 Å². The molecule has 0 aliphatic rings. The first-order chi connectivity index (χ1) is 9.52. The Kier molecular flexibility index (Phi) is 5.72. The summed E-state index contributed by atoms with van der Waals surface area (Å²) in [6, 6.07) is 2.71. The number of carbonyl (C=O) groups is 1. The van der Waals surface area contributed by atoms with Gasteiger partial charge >= 0.3 is 6.18 Å². The number of nitrogens with one attached hydrogen (secondary N) is 1. The first-order valence-electron chi connectivity index (χ1n) is 5.80. The van der Waals surface area contributed by atoms with E-state index in [4.69, 9.17) is 28.9 Å². The molecule has 0 saturated heterocycles. The summed E-state index contributed by atoms with van der Waals surface area (Å²) in [4.78, 5) is 11.8. The van der Waals surface area contributed by atoms with Crippen LogP contribution in [0.3, 0.4) is 0 Å². The number of amides is 1. The van der Waals surface area contributed by atoms with Crippen LogP contribution in [0.15, 0.2) is 12.1 Å². The van der Waals surface area contributed by atoms with Gasteiger partial charge in [-0.05, 0) is 26.0 Å². The fourth-order valence-corrected chi connectivity index (χ4v) is 1.98. The van der Waals surface area contributed by atoms with Crippen molar-refractivity contribution in [3.63, 3.8) is 0 Å². The Morgan fingerprint density at radius 1 is 1.29 bits per heavy atom. The van der Waals surface area contributed by atoms with Gasteiger partial charge in [0.2, 0.25) is 0 Å².